The largest absolute Gasteiger partial charge is 0.395 e. The van der Waals surface area contributed by atoms with Crippen LogP contribution in [0.3, 0.4) is 0 Å². The molecule has 1 N–H and O–H groups in total. The lowest BCUT2D eigenvalue weighted by molar-refractivity contribution is 0.315. The maximum absolute atomic E-state index is 8.99. The lowest BCUT2D eigenvalue weighted by atomic mass is 10.00. The van der Waals surface area contributed by atoms with Crippen molar-refractivity contribution in [1.29, 1.82) is 0 Å². The molecule has 0 aliphatic heterocycles. The van der Waals surface area contributed by atoms with E-state index >= 15 is 0 Å². The number of aliphatic hydroxyl groups is 1. The molecule has 0 bridgehead atoms. The van der Waals surface area contributed by atoms with Crippen molar-refractivity contribution in [2.75, 3.05) is 6.61 Å². The van der Waals surface area contributed by atoms with Gasteiger partial charge in [-0.1, -0.05) is 37.8 Å². The first-order chi connectivity index (χ1) is 6.20. The predicted molar refractivity (Wildman–Crippen MR) is 59.3 cm³/mol. The van der Waals surface area contributed by atoms with E-state index in [1.54, 1.807) is 6.08 Å². The minimum atomic E-state index is 0.0825. The fraction of sp³-hybridized carbons (Fsp3) is 0.182. The number of halogens is 1. The average molecular weight is 240 g/mol. The van der Waals surface area contributed by atoms with E-state index in [0.717, 1.165) is 21.5 Å². The molecule has 69 valence electrons. The van der Waals surface area contributed by atoms with Crippen molar-refractivity contribution in [2.24, 2.45) is 0 Å². The molecular formula is C11H12BrO. The van der Waals surface area contributed by atoms with Crippen LogP contribution in [-0.4, -0.2) is 11.7 Å². The second-order valence-corrected chi connectivity index (χ2v) is 3.64. The molecule has 1 rings (SSSR count). The number of rotatable bonds is 3. The topological polar surface area (TPSA) is 20.2 Å². The van der Waals surface area contributed by atoms with Gasteiger partial charge in [0.15, 0.2) is 0 Å². The lowest BCUT2D eigenvalue weighted by Gasteiger charge is -2.11. The van der Waals surface area contributed by atoms with Crippen LogP contribution >= 0.6 is 15.9 Å². The van der Waals surface area contributed by atoms with Gasteiger partial charge in [0.25, 0.3) is 0 Å². The molecule has 1 radical (unpaired) electrons. The summed E-state index contributed by atoms with van der Waals surface area (Å²) in [4.78, 5) is 0. The summed E-state index contributed by atoms with van der Waals surface area (Å²) in [6, 6.07) is 5.91. The summed E-state index contributed by atoms with van der Waals surface area (Å²) in [5.41, 5.74) is 2.09. The van der Waals surface area contributed by atoms with E-state index in [9.17, 15) is 0 Å². The van der Waals surface area contributed by atoms with Gasteiger partial charge in [-0.25, -0.2) is 0 Å². The molecule has 0 unspecified atom stereocenters. The normalized spacial score (nSPS) is 10.5. The quantitative estimate of drug-likeness (QED) is 0.860. The molecule has 0 spiro atoms. The van der Waals surface area contributed by atoms with Gasteiger partial charge in [0.2, 0.25) is 0 Å². The average Bonchev–Trinajstić information content (AvgIpc) is 2.17. The Morgan fingerprint density at radius 2 is 2.31 bits per heavy atom. The highest BCUT2D eigenvalue weighted by Crippen LogP contribution is 2.27. The third kappa shape index (κ3) is 2.20. The van der Waals surface area contributed by atoms with E-state index < -0.39 is 0 Å². The van der Waals surface area contributed by atoms with E-state index in [1.165, 1.54) is 0 Å². The highest BCUT2D eigenvalue weighted by Gasteiger charge is 2.09. The van der Waals surface area contributed by atoms with Crippen molar-refractivity contribution >= 4 is 22.0 Å². The highest BCUT2D eigenvalue weighted by atomic mass is 79.9. The summed E-state index contributed by atoms with van der Waals surface area (Å²) in [7, 11) is 0. The van der Waals surface area contributed by atoms with Crippen molar-refractivity contribution in [1.82, 2.24) is 0 Å². The van der Waals surface area contributed by atoms with E-state index in [2.05, 4.69) is 22.5 Å². The molecule has 2 heteroatoms. The van der Waals surface area contributed by atoms with Crippen molar-refractivity contribution in [2.45, 2.75) is 6.92 Å². The fourth-order valence-corrected chi connectivity index (χ4v) is 1.89. The molecule has 0 fully saturated rings. The van der Waals surface area contributed by atoms with Gasteiger partial charge in [-0.15, -0.1) is 0 Å². The van der Waals surface area contributed by atoms with E-state index in [0.29, 0.717) is 0 Å². The number of hydrogen-bond donors (Lipinski definition) is 1. The van der Waals surface area contributed by atoms with Gasteiger partial charge >= 0.3 is 0 Å². The molecular weight excluding hydrogens is 228 g/mol. The third-order valence-electron chi connectivity index (χ3n) is 1.95. The Morgan fingerprint density at radius 1 is 1.62 bits per heavy atom. The van der Waals surface area contributed by atoms with Crippen LogP contribution in [0.4, 0.5) is 0 Å². The van der Waals surface area contributed by atoms with Gasteiger partial charge in [0.1, 0.15) is 0 Å². The van der Waals surface area contributed by atoms with E-state index in [1.807, 2.05) is 25.1 Å². The zero-order chi connectivity index (χ0) is 9.84. The first kappa shape index (κ1) is 10.5. The Labute approximate surface area is 87.2 Å². The number of hydrogen-bond acceptors (Lipinski definition) is 1. The van der Waals surface area contributed by atoms with Gasteiger partial charge in [-0.05, 0) is 27.1 Å². The molecule has 1 nitrogen and oxygen atoms in total. The molecule has 0 aliphatic carbocycles. The zero-order valence-corrected chi connectivity index (χ0v) is 9.13. The Hall–Kier alpha value is -0.600. The predicted octanol–water partition coefficient (Wildman–Crippen LogP) is 3.03. The van der Waals surface area contributed by atoms with Crippen molar-refractivity contribution < 1.29 is 5.11 Å². The molecule has 1 aromatic rings. The summed E-state index contributed by atoms with van der Waals surface area (Å²) < 4.78 is 0.997. The molecule has 0 aliphatic rings. The Kier molecular flexibility index (Phi) is 3.70. The Balaban J connectivity index is 3.15. The SMILES string of the molecule is C=Cc1cccc([C](C)CO)c1Br. The summed E-state index contributed by atoms with van der Waals surface area (Å²) in [6.07, 6.45) is 1.79. The molecule has 0 saturated carbocycles. The first-order valence-electron chi connectivity index (χ1n) is 4.05. The smallest absolute Gasteiger partial charge is 0.0535 e. The second-order valence-electron chi connectivity index (χ2n) is 2.85. The number of benzene rings is 1. The van der Waals surface area contributed by atoms with Crippen LogP contribution < -0.4 is 0 Å². The molecule has 1 aromatic carbocycles. The van der Waals surface area contributed by atoms with Gasteiger partial charge in [-0.2, -0.15) is 0 Å². The highest BCUT2D eigenvalue weighted by molar-refractivity contribution is 9.10. The zero-order valence-electron chi connectivity index (χ0n) is 7.55. The molecule has 13 heavy (non-hydrogen) atoms. The monoisotopic (exact) mass is 239 g/mol. The molecule has 0 heterocycles. The van der Waals surface area contributed by atoms with Crippen molar-refractivity contribution in [3.63, 3.8) is 0 Å². The fourth-order valence-electron chi connectivity index (χ4n) is 1.12. The summed E-state index contributed by atoms with van der Waals surface area (Å²) >= 11 is 3.48. The van der Waals surface area contributed by atoms with Gasteiger partial charge in [-0.3, -0.25) is 0 Å². The Morgan fingerprint density at radius 3 is 2.85 bits per heavy atom. The lowest BCUT2D eigenvalue weighted by Crippen LogP contribution is -2.01. The Bertz CT molecular complexity index is 307. The maximum Gasteiger partial charge on any atom is 0.0535 e. The number of aliphatic hydroxyl groups excluding tert-OH is 1. The van der Waals surface area contributed by atoms with Crippen molar-refractivity contribution in [3.8, 4) is 0 Å². The maximum atomic E-state index is 8.99. The minimum absolute atomic E-state index is 0.0825. The summed E-state index contributed by atoms with van der Waals surface area (Å²) in [5, 5.41) is 8.99. The van der Waals surface area contributed by atoms with E-state index in [-0.39, 0.29) is 6.61 Å². The van der Waals surface area contributed by atoms with Crippen LogP contribution in [0.15, 0.2) is 29.3 Å². The van der Waals surface area contributed by atoms with Gasteiger partial charge in [0, 0.05) is 10.4 Å². The van der Waals surface area contributed by atoms with Crippen LogP contribution in [0, 0.1) is 5.92 Å². The van der Waals surface area contributed by atoms with Crippen LogP contribution in [0.2, 0.25) is 0 Å². The van der Waals surface area contributed by atoms with Crippen LogP contribution in [0.25, 0.3) is 6.08 Å². The molecule has 0 saturated heterocycles. The summed E-state index contributed by atoms with van der Waals surface area (Å²) in [5.74, 6) is 0.954. The third-order valence-corrected chi connectivity index (χ3v) is 2.83. The summed E-state index contributed by atoms with van der Waals surface area (Å²) in [6.45, 7) is 5.71. The van der Waals surface area contributed by atoms with Crippen LogP contribution in [-0.2, 0) is 0 Å². The van der Waals surface area contributed by atoms with Gasteiger partial charge < -0.3 is 5.11 Å². The molecule has 0 aromatic heterocycles. The molecule has 0 amide bonds. The minimum Gasteiger partial charge on any atom is -0.395 e. The van der Waals surface area contributed by atoms with Crippen molar-refractivity contribution in [3.05, 3.63) is 46.3 Å². The van der Waals surface area contributed by atoms with E-state index in [4.69, 9.17) is 5.11 Å². The first-order valence-corrected chi connectivity index (χ1v) is 4.84. The van der Waals surface area contributed by atoms with Crippen LogP contribution in [0.1, 0.15) is 18.1 Å². The second kappa shape index (κ2) is 4.58. The van der Waals surface area contributed by atoms with Gasteiger partial charge in [0.05, 0.1) is 6.61 Å². The molecule has 0 atom stereocenters. The standard InChI is InChI=1S/C11H12BrO/c1-3-9-5-4-6-10(11(9)12)8(2)7-13/h3-6,13H,1,7H2,2H3. The van der Waals surface area contributed by atoms with Crippen LogP contribution in [0.5, 0.6) is 0 Å².